The summed E-state index contributed by atoms with van der Waals surface area (Å²) >= 11 is 0. The highest BCUT2D eigenvalue weighted by Crippen LogP contribution is 2.31. The molecule has 0 fully saturated rings. The number of aryl methyl sites for hydroxylation is 1. The van der Waals surface area contributed by atoms with E-state index < -0.39 is 10.5 Å². The summed E-state index contributed by atoms with van der Waals surface area (Å²) in [6, 6.07) is 0.00115. The van der Waals surface area contributed by atoms with Gasteiger partial charge in [-0.2, -0.15) is 5.10 Å². The number of hydrogen-bond acceptors (Lipinski definition) is 5. The van der Waals surface area contributed by atoms with E-state index >= 15 is 0 Å². The second-order valence-electron chi connectivity index (χ2n) is 5.36. The monoisotopic (exact) mass is 284 g/mol. The Morgan fingerprint density at radius 1 is 1.45 bits per heavy atom. The van der Waals surface area contributed by atoms with Crippen LogP contribution in [0.25, 0.3) is 0 Å². The number of nitrogens with one attached hydrogen (secondary N) is 1. The molecule has 1 aromatic heterocycles. The second kappa shape index (κ2) is 6.21. The Morgan fingerprint density at radius 2 is 2.00 bits per heavy atom. The average molecular weight is 284 g/mol. The van der Waals surface area contributed by atoms with Gasteiger partial charge in [0.2, 0.25) is 5.82 Å². The molecule has 1 aromatic rings. The minimum Gasteiger partial charge on any atom is -0.388 e. The molecule has 7 nitrogen and oxygen atoms in total. The van der Waals surface area contributed by atoms with Gasteiger partial charge in [0.05, 0.1) is 10.5 Å². The van der Waals surface area contributed by atoms with Crippen molar-refractivity contribution in [3.8, 4) is 0 Å². The number of nitrogens with zero attached hydrogens (tertiary/aromatic N) is 3. The van der Waals surface area contributed by atoms with Crippen LogP contribution in [-0.2, 0) is 0 Å². The molecule has 0 aromatic carbocycles. The zero-order chi connectivity index (χ0) is 15.5. The van der Waals surface area contributed by atoms with Gasteiger partial charge in [-0.1, -0.05) is 13.8 Å². The van der Waals surface area contributed by atoms with Crippen LogP contribution in [0.2, 0.25) is 0 Å². The Morgan fingerprint density at radius 3 is 2.40 bits per heavy atom. The number of rotatable bonds is 7. The summed E-state index contributed by atoms with van der Waals surface area (Å²) in [7, 11) is 0. The summed E-state index contributed by atoms with van der Waals surface area (Å²) in [5.74, 6) is 0.364. The molecule has 2 N–H and O–H groups in total. The molecule has 0 aliphatic rings. The van der Waals surface area contributed by atoms with E-state index in [4.69, 9.17) is 0 Å². The average Bonchev–Trinajstić information content (AvgIpc) is 2.73. The number of nitro groups is 1. The van der Waals surface area contributed by atoms with Crippen molar-refractivity contribution in [3.63, 3.8) is 0 Å². The SMILES string of the molecule is CCC(O)(CC)CNc1c([N+](=O)[O-])c(C)nn1C(C)C. The minimum absolute atomic E-state index is 0.00115. The fraction of sp³-hybridized carbons (Fsp3) is 0.769. The molecule has 0 amide bonds. The molecule has 1 rings (SSSR count). The lowest BCUT2D eigenvalue weighted by Crippen LogP contribution is -2.36. The highest BCUT2D eigenvalue weighted by molar-refractivity contribution is 5.60. The van der Waals surface area contributed by atoms with Gasteiger partial charge in [-0.15, -0.1) is 0 Å². The number of aromatic nitrogens is 2. The maximum Gasteiger partial charge on any atom is 0.333 e. The van der Waals surface area contributed by atoms with Crippen molar-refractivity contribution in [1.82, 2.24) is 9.78 Å². The Labute approximate surface area is 119 Å². The Kier molecular flexibility index (Phi) is 5.10. The number of aliphatic hydroxyl groups is 1. The molecule has 0 saturated heterocycles. The molecule has 114 valence electrons. The van der Waals surface area contributed by atoms with Crippen LogP contribution in [0.15, 0.2) is 0 Å². The van der Waals surface area contributed by atoms with Crippen LogP contribution in [-0.4, -0.2) is 32.0 Å². The lowest BCUT2D eigenvalue weighted by molar-refractivity contribution is -0.384. The Bertz CT molecular complexity index is 478. The highest BCUT2D eigenvalue weighted by Gasteiger charge is 2.29. The molecule has 0 spiro atoms. The molecule has 0 bridgehead atoms. The number of hydrogen-bond donors (Lipinski definition) is 2. The quantitative estimate of drug-likeness (QED) is 0.593. The second-order valence-corrected chi connectivity index (χ2v) is 5.36. The molecule has 0 unspecified atom stereocenters. The van der Waals surface area contributed by atoms with Gasteiger partial charge in [-0.05, 0) is 33.6 Å². The summed E-state index contributed by atoms with van der Waals surface area (Å²) in [6.07, 6.45) is 1.16. The lowest BCUT2D eigenvalue weighted by Gasteiger charge is -2.26. The van der Waals surface area contributed by atoms with E-state index in [1.807, 2.05) is 27.7 Å². The smallest absolute Gasteiger partial charge is 0.333 e. The van der Waals surface area contributed by atoms with Crippen molar-refractivity contribution in [2.45, 2.75) is 59.1 Å². The van der Waals surface area contributed by atoms with E-state index in [9.17, 15) is 15.2 Å². The van der Waals surface area contributed by atoms with Gasteiger partial charge in [-0.3, -0.25) is 10.1 Å². The topological polar surface area (TPSA) is 93.2 Å². The zero-order valence-electron chi connectivity index (χ0n) is 12.8. The Hall–Kier alpha value is -1.63. The molecule has 7 heteroatoms. The molecule has 0 aliphatic carbocycles. The first-order valence-corrected chi connectivity index (χ1v) is 6.95. The fourth-order valence-electron chi connectivity index (χ4n) is 2.04. The van der Waals surface area contributed by atoms with E-state index in [0.717, 1.165) is 0 Å². The summed E-state index contributed by atoms with van der Waals surface area (Å²) < 4.78 is 1.60. The van der Waals surface area contributed by atoms with Crippen molar-refractivity contribution in [3.05, 3.63) is 15.8 Å². The van der Waals surface area contributed by atoms with Crippen LogP contribution in [0, 0.1) is 17.0 Å². The number of anilines is 1. The predicted molar refractivity (Wildman–Crippen MR) is 78.0 cm³/mol. The maximum absolute atomic E-state index is 11.2. The molecule has 0 radical (unpaired) electrons. The van der Waals surface area contributed by atoms with Gasteiger partial charge in [0.15, 0.2) is 0 Å². The predicted octanol–water partition coefficient (Wildman–Crippen LogP) is 2.64. The van der Waals surface area contributed by atoms with Crippen LogP contribution in [0.5, 0.6) is 0 Å². The van der Waals surface area contributed by atoms with E-state index in [1.165, 1.54) is 0 Å². The van der Waals surface area contributed by atoms with Crippen LogP contribution in [0.1, 0.15) is 52.3 Å². The van der Waals surface area contributed by atoms with Gasteiger partial charge in [0.25, 0.3) is 0 Å². The van der Waals surface area contributed by atoms with Crippen LogP contribution < -0.4 is 5.32 Å². The molecule has 0 aliphatic heterocycles. The van der Waals surface area contributed by atoms with Crippen molar-refractivity contribution < 1.29 is 10.0 Å². The molecular formula is C13H24N4O3. The highest BCUT2D eigenvalue weighted by atomic mass is 16.6. The zero-order valence-corrected chi connectivity index (χ0v) is 12.8. The first-order chi connectivity index (χ1) is 9.25. The van der Waals surface area contributed by atoms with E-state index in [-0.39, 0.29) is 18.3 Å². The first-order valence-electron chi connectivity index (χ1n) is 6.95. The van der Waals surface area contributed by atoms with Crippen molar-refractivity contribution >= 4 is 11.5 Å². The summed E-state index contributed by atoms with van der Waals surface area (Å²) in [6.45, 7) is 9.49. The third-order valence-corrected chi connectivity index (χ3v) is 3.63. The van der Waals surface area contributed by atoms with E-state index in [1.54, 1.807) is 11.6 Å². The van der Waals surface area contributed by atoms with Gasteiger partial charge in [0, 0.05) is 12.6 Å². The van der Waals surface area contributed by atoms with Gasteiger partial charge in [-0.25, -0.2) is 4.68 Å². The van der Waals surface area contributed by atoms with E-state index in [0.29, 0.717) is 24.4 Å². The standard InChI is InChI=1S/C13H24N4O3/c1-6-13(18,7-2)8-14-12-11(17(19)20)10(5)15-16(12)9(3)4/h9,14,18H,6-8H2,1-5H3. The first kappa shape index (κ1) is 16.4. The Balaban J connectivity index is 3.12. The molecular weight excluding hydrogens is 260 g/mol. The van der Waals surface area contributed by atoms with Crippen LogP contribution in [0.3, 0.4) is 0 Å². The molecule has 0 saturated carbocycles. The normalized spacial score (nSPS) is 11.9. The van der Waals surface area contributed by atoms with Gasteiger partial charge in [0.1, 0.15) is 5.69 Å². The van der Waals surface area contributed by atoms with Gasteiger partial charge >= 0.3 is 5.69 Å². The van der Waals surface area contributed by atoms with Crippen LogP contribution >= 0.6 is 0 Å². The third kappa shape index (κ3) is 3.27. The maximum atomic E-state index is 11.2. The third-order valence-electron chi connectivity index (χ3n) is 3.63. The lowest BCUT2D eigenvalue weighted by atomic mass is 9.98. The van der Waals surface area contributed by atoms with E-state index in [2.05, 4.69) is 10.4 Å². The van der Waals surface area contributed by atoms with Crippen molar-refractivity contribution in [2.75, 3.05) is 11.9 Å². The van der Waals surface area contributed by atoms with Crippen LogP contribution in [0.4, 0.5) is 11.5 Å². The molecule has 20 heavy (non-hydrogen) atoms. The van der Waals surface area contributed by atoms with Gasteiger partial charge < -0.3 is 10.4 Å². The largest absolute Gasteiger partial charge is 0.388 e. The molecule has 1 heterocycles. The summed E-state index contributed by atoms with van der Waals surface area (Å²) in [5, 5.41) is 28.7. The summed E-state index contributed by atoms with van der Waals surface area (Å²) in [4.78, 5) is 10.8. The van der Waals surface area contributed by atoms with Crippen molar-refractivity contribution in [2.24, 2.45) is 0 Å². The minimum atomic E-state index is -0.867. The summed E-state index contributed by atoms with van der Waals surface area (Å²) in [5.41, 5.74) is -0.510. The fourth-order valence-corrected chi connectivity index (χ4v) is 2.04. The molecule has 0 atom stereocenters. The van der Waals surface area contributed by atoms with Crippen molar-refractivity contribution in [1.29, 1.82) is 0 Å².